The molecule has 0 aliphatic heterocycles. The van der Waals surface area contributed by atoms with Crippen molar-refractivity contribution in [1.29, 1.82) is 0 Å². The number of alkyl halides is 2. The normalized spacial score (nSPS) is 11.2. The molecule has 0 fully saturated rings. The van der Waals surface area contributed by atoms with Gasteiger partial charge in [0.25, 0.3) is 0 Å². The van der Waals surface area contributed by atoms with Crippen molar-refractivity contribution in [2.45, 2.75) is 39.2 Å². The van der Waals surface area contributed by atoms with Gasteiger partial charge in [-0.15, -0.1) is 0 Å². The van der Waals surface area contributed by atoms with E-state index in [4.69, 9.17) is 4.74 Å². The second-order valence-electron chi connectivity index (χ2n) is 5.76. The molecule has 0 saturated carbocycles. The second-order valence-corrected chi connectivity index (χ2v) is 5.76. The van der Waals surface area contributed by atoms with Crippen LogP contribution in [0.2, 0.25) is 0 Å². The summed E-state index contributed by atoms with van der Waals surface area (Å²) < 4.78 is 34.3. The summed E-state index contributed by atoms with van der Waals surface area (Å²) in [5, 5.41) is 0. The predicted octanol–water partition coefficient (Wildman–Crippen LogP) is 6.42. The molecule has 0 radical (unpaired) electrons. The zero-order valence-electron chi connectivity index (χ0n) is 14.5. The summed E-state index contributed by atoms with van der Waals surface area (Å²) in [4.78, 5) is 0. The van der Waals surface area contributed by atoms with Gasteiger partial charge in [-0.05, 0) is 41.8 Å². The van der Waals surface area contributed by atoms with Gasteiger partial charge in [0.15, 0.2) is 0 Å². The molecule has 0 aliphatic rings. The van der Waals surface area contributed by atoms with E-state index in [1.54, 1.807) is 12.1 Å². The van der Waals surface area contributed by atoms with Crippen molar-refractivity contribution in [1.82, 2.24) is 0 Å². The first-order valence-electron chi connectivity index (χ1n) is 8.63. The highest BCUT2D eigenvalue weighted by molar-refractivity contribution is 5.70. The van der Waals surface area contributed by atoms with Crippen LogP contribution in [0.25, 0.3) is 12.2 Å². The molecule has 2 aromatic carbocycles. The van der Waals surface area contributed by atoms with E-state index in [2.05, 4.69) is 11.7 Å². The summed E-state index contributed by atoms with van der Waals surface area (Å²) in [7, 11) is 0. The van der Waals surface area contributed by atoms with Crippen molar-refractivity contribution in [3.63, 3.8) is 0 Å². The summed E-state index contributed by atoms with van der Waals surface area (Å²) >= 11 is 0. The van der Waals surface area contributed by atoms with Gasteiger partial charge in [0, 0.05) is 0 Å². The Morgan fingerprint density at radius 3 is 1.88 bits per heavy atom. The first-order valence-corrected chi connectivity index (χ1v) is 8.63. The fourth-order valence-corrected chi connectivity index (χ4v) is 2.35. The van der Waals surface area contributed by atoms with Crippen LogP contribution in [0.5, 0.6) is 11.5 Å². The molecule has 0 spiro atoms. The van der Waals surface area contributed by atoms with Gasteiger partial charge in [0.2, 0.25) is 0 Å². The van der Waals surface area contributed by atoms with Crippen LogP contribution >= 0.6 is 0 Å². The van der Waals surface area contributed by atoms with Gasteiger partial charge >= 0.3 is 6.61 Å². The lowest BCUT2D eigenvalue weighted by Gasteiger charge is -2.06. The Morgan fingerprint density at radius 1 is 0.800 bits per heavy atom. The number of ether oxygens (including phenoxy) is 2. The van der Waals surface area contributed by atoms with Gasteiger partial charge in [-0.25, -0.2) is 0 Å². The quantitative estimate of drug-likeness (QED) is 0.365. The third-order valence-electron chi connectivity index (χ3n) is 3.72. The van der Waals surface area contributed by atoms with E-state index in [1.165, 1.54) is 31.4 Å². The maximum Gasteiger partial charge on any atom is 0.387 e. The van der Waals surface area contributed by atoms with Crippen LogP contribution in [0, 0.1) is 0 Å². The summed E-state index contributed by atoms with van der Waals surface area (Å²) in [5.41, 5.74) is 1.96. The van der Waals surface area contributed by atoms with E-state index >= 15 is 0 Å². The second kappa shape index (κ2) is 10.5. The molecule has 0 N–H and O–H groups in total. The number of hydrogen-bond donors (Lipinski definition) is 0. The van der Waals surface area contributed by atoms with E-state index in [0.717, 1.165) is 29.9 Å². The third-order valence-corrected chi connectivity index (χ3v) is 3.72. The van der Waals surface area contributed by atoms with Crippen LogP contribution < -0.4 is 9.47 Å². The van der Waals surface area contributed by atoms with Gasteiger partial charge in [-0.2, -0.15) is 8.78 Å². The lowest BCUT2D eigenvalue weighted by molar-refractivity contribution is -0.0498. The number of halogens is 2. The molecule has 0 bridgehead atoms. The standard InChI is InChI=1S/C21H24F2O2/c1-2-3-4-5-16-24-19-12-8-17(9-13-19)6-7-18-10-14-20(15-11-18)25-21(22)23/h6-15,21H,2-5,16H2,1H3. The maximum atomic E-state index is 12.1. The van der Waals surface area contributed by atoms with Crippen LogP contribution in [-0.4, -0.2) is 13.2 Å². The van der Waals surface area contributed by atoms with E-state index in [1.807, 2.05) is 36.4 Å². The Labute approximate surface area is 148 Å². The molecule has 25 heavy (non-hydrogen) atoms. The molecule has 0 unspecified atom stereocenters. The molecule has 0 aliphatic carbocycles. The SMILES string of the molecule is CCCCCCOc1ccc(C=Cc2ccc(OC(F)F)cc2)cc1. The van der Waals surface area contributed by atoms with Crippen LogP contribution in [-0.2, 0) is 0 Å². The molecule has 0 atom stereocenters. The highest BCUT2D eigenvalue weighted by atomic mass is 19.3. The van der Waals surface area contributed by atoms with Gasteiger partial charge in [-0.1, -0.05) is 62.6 Å². The lowest BCUT2D eigenvalue weighted by atomic mass is 10.1. The molecule has 2 rings (SSSR count). The van der Waals surface area contributed by atoms with Gasteiger partial charge in [-0.3, -0.25) is 0 Å². The maximum absolute atomic E-state index is 12.1. The Bertz CT molecular complexity index is 634. The van der Waals surface area contributed by atoms with Gasteiger partial charge < -0.3 is 9.47 Å². The summed E-state index contributed by atoms with van der Waals surface area (Å²) in [6, 6.07) is 14.4. The van der Waals surface area contributed by atoms with E-state index in [9.17, 15) is 8.78 Å². The Hall–Kier alpha value is -2.36. The van der Waals surface area contributed by atoms with Crippen molar-refractivity contribution < 1.29 is 18.3 Å². The highest BCUT2D eigenvalue weighted by Gasteiger charge is 2.02. The molecule has 0 heterocycles. The fraction of sp³-hybridized carbons (Fsp3) is 0.333. The zero-order valence-corrected chi connectivity index (χ0v) is 14.5. The number of rotatable bonds is 10. The Morgan fingerprint density at radius 2 is 1.36 bits per heavy atom. The van der Waals surface area contributed by atoms with Crippen LogP contribution in [0.1, 0.15) is 43.7 Å². The monoisotopic (exact) mass is 346 g/mol. The first kappa shape index (κ1) is 19.0. The minimum Gasteiger partial charge on any atom is -0.494 e. The fourth-order valence-electron chi connectivity index (χ4n) is 2.35. The topological polar surface area (TPSA) is 18.5 Å². The Balaban J connectivity index is 1.82. The van der Waals surface area contributed by atoms with Crippen molar-refractivity contribution in [3.8, 4) is 11.5 Å². The van der Waals surface area contributed by atoms with Crippen LogP contribution in [0.4, 0.5) is 8.78 Å². The van der Waals surface area contributed by atoms with Gasteiger partial charge in [0.05, 0.1) is 6.61 Å². The largest absolute Gasteiger partial charge is 0.494 e. The molecule has 0 aromatic heterocycles. The zero-order chi connectivity index (χ0) is 17.9. The minimum absolute atomic E-state index is 0.160. The van der Waals surface area contributed by atoms with Crippen LogP contribution in [0.3, 0.4) is 0 Å². The van der Waals surface area contributed by atoms with Crippen molar-refractivity contribution in [2.24, 2.45) is 0 Å². The number of unbranched alkanes of at least 4 members (excludes halogenated alkanes) is 3. The first-order chi connectivity index (χ1) is 12.2. The average Bonchev–Trinajstić information content (AvgIpc) is 2.61. The van der Waals surface area contributed by atoms with Crippen molar-refractivity contribution in [3.05, 3.63) is 59.7 Å². The third kappa shape index (κ3) is 7.38. The smallest absolute Gasteiger partial charge is 0.387 e. The molecular formula is C21H24F2O2. The molecule has 134 valence electrons. The summed E-state index contributed by atoms with van der Waals surface area (Å²) in [5.74, 6) is 1.04. The summed E-state index contributed by atoms with van der Waals surface area (Å²) in [6.45, 7) is 0.148. The number of hydrogen-bond acceptors (Lipinski definition) is 2. The molecular weight excluding hydrogens is 322 g/mol. The molecule has 4 heteroatoms. The van der Waals surface area contributed by atoms with E-state index in [0.29, 0.717) is 0 Å². The van der Waals surface area contributed by atoms with E-state index < -0.39 is 6.61 Å². The molecule has 2 aromatic rings. The number of benzene rings is 2. The van der Waals surface area contributed by atoms with E-state index in [-0.39, 0.29) is 5.75 Å². The molecule has 0 saturated heterocycles. The Kier molecular flexibility index (Phi) is 7.96. The highest BCUT2D eigenvalue weighted by Crippen LogP contribution is 2.18. The lowest BCUT2D eigenvalue weighted by Crippen LogP contribution is -2.01. The van der Waals surface area contributed by atoms with Crippen molar-refractivity contribution in [2.75, 3.05) is 6.61 Å². The minimum atomic E-state index is -2.80. The average molecular weight is 346 g/mol. The predicted molar refractivity (Wildman–Crippen MR) is 98.1 cm³/mol. The summed E-state index contributed by atoms with van der Waals surface area (Å²) in [6.07, 6.45) is 8.66. The molecule has 2 nitrogen and oxygen atoms in total. The van der Waals surface area contributed by atoms with Gasteiger partial charge in [0.1, 0.15) is 11.5 Å². The molecule has 0 amide bonds. The van der Waals surface area contributed by atoms with Crippen LogP contribution in [0.15, 0.2) is 48.5 Å². The van der Waals surface area contributed by atoms with Crippen molar-refractivity contribution >= 4 is 12.2 Å².